The van der Waals surface area contributed by atoms with Crippen molar-refractivity contribution in [1.82, 2.24) is 15.5 Å². The van der Waals surface area contributed by atoms with Crippen LogP contribution in [-0.2, 0) is 4.79 Å². The van der Waals surface area contributed by atoms with Crippen molar-refractivity contribution in [2.24, 2.45) is 0 Å². The first-order chi connectivity index (χ1) is 7.02. The Morgan fingerprint density at radius 2 is 2.07 bits per heavy atom. The summed E-state index contributed by atoms with van der Waals surface area (Å²) in [6.45, 7) is 2.80. The van der Waals surface area contributed by atoms with Crippen molar-refractivity contribution < 1.29 is 4.79 Å². The molecule has 0 saturated heterocycles. The second-order valence-electron chi connectivity index (χ2n) is 4.69. The monoisotopic (exact) mass is 213 g/mol. The van der Waals surface area contributed by atoms with Gasteiger partial charge in [0.2, 0.25) is 5.91 Å². The molecule has 0 spiro atoms. The highest BCUT2D eigenvalue weighted by Crippen LogP contribution is 2.35. The highest BCUT2D eigenvalue weighted by Gasteiger charge is 2.39. The van der Waals surface area contributed by atoms with Crippen LogP contribution in [0.4, 0.5) is 0 Å². The summed E-state index contributed by atoms with van der Waals surface area (Å²) in [6, 6.07) is -0.104. The maximum absolute atomic E-state index is 11.3. The van der Waals surface area contributed by atoms with Crippen molar-refractivity contribution in [2.75, 3.05) is 27.7 Å². The predicted molar refractivity (Wildman–Crippen MR) is 61.8 cm³/mol. The number of rotatable bonds is 5. The van der Waals surface area contributed by atoms with Gasteiger partial charge in [0.05, 0.1) is 6.04 Å². The van der Waals surface area contributed by atoms with Crippen molar-refractivity contribution in [3.63, 3.8) is 0 Å². The van der Waals surface area contributed by atoms with E-state index in [1.165, 1.54) is 19.3 Å². The zero-order valence-corrected chi connectivity index (χ0v) is 10.3. The van der Waals surface area contributed by atoms with Crippen molar-refractivity contribution in [3.8, 4) is 0 Å². The van der Waals surface area contributed by atoms with E-state index in [1.807, 2.05) is 6.92 Å². The average Bonchev–Trinajstić information content (AvgIpc) is 2.14. The smallest absolute Gasteiger partial charge is 0.236 e. The Labute approximate surface area is 92.4 Å². The fourth-order valence-corrected chi connectivity index (χ4v) is 2.02. The molecule has 4 nitrogen and oxygen atoms in total. The number of carbonyl (C=O) groups is 1. The van der Waals surface area contributed by atoms with Gasteiger partial charge in [0.15, 0.2) is 0 Å². The number of carbonyl (C=O) groups excluding carboxylic acids is 1. The molecule has 0 aliphatic heterocycles. The maximum Gasteiger partial charge on any atom is 0.236 e. The Hall–Kier alpha value is -0.610. The normalized spacial score (nSPS) is 20.9. The summed E-state index contributed by atoms with van der Waals surface area (Å²) < 4.78 is 0. The third-order valence-electron chi connectivity index (χ3n) is 3.61. The quantitative estimate of drug-likeness (QED) is 0.685. The first-order valence-electron chi connectivity index (χ1n) is 5.64. The Kier molecular flexibility index (Phi) is 4.11. The fraction of sp³-hybridized carbons (Fsp3) is 0.909. The van der Waals surface area contributed by atoms with Crippen molar-refractivity contribution >= 4 is 5.91 Å². The van der Waals surface area contributed by atoms with Gasteiger partial charge in [-0.15, -0.1) is 0 Å². The van der Waals surface area contributed by atoms with E-state index in [9.17, 15) is 4.79 Å². The third kappa shape index (κ3) is 2.69. The molecule has 1 atom stereocenters. The van der Waals surface area contributed by atoms with Gasteiger partial charge in [-0.3, -0.25) is 4.79 Å². The Morgan fingerprint density at radius 1 is 1.47 bits per heavy atom. The molecule has 1 fully saturated rings. The second-order valence-corrected chi connectivity index (χ2v) is 4.69. The molecule has 88 valence electrons. The lowest BCUT2D eigenvalue weighted by Gasteiger charge is -2.48. The lowest BCUT2D eigenvalue weighted by Crippen LogP contribution is -2.58. The molecule has 0 aromatic carbocycles. The van der Waals surface area contributed by atoms with Crippen LogP contribution in [0.2, 0.25) is 0 Å². The van der Waals surface area contributed by atoms with Crippen LogP contribution >= 0.6 is 0 Å². The molecule has 1 unspecified atom stereocenters. The lowest BCUT2D eigenvalue weighted by atomic mass is 9.75. The molecule has 1 rings (SSSR count). The van der Waals surface area contributed by atoms with Crippen LogP contribution in [0.25, 0.3) is 0 Å². The summed E-state index contributed by atoms with van der Waals surface area (Å²) in [7, 11) is 5.91. The van der Waals surface area contributed by atoms with E-state index >= 15 is 0 Å². The second kappa shape index (κ2) is 4.94. The van der Waals surface area contributed by atoms with Crippen LogP contribution in [0.15, 0.2) is 0 Å². The van der Waals surface area contributed by atoms with E-state index in [0.717, 1.165) is 6.54 Å². The molecule has 0 aromatic rings. The van der Waals surface area contributed by atoms with Crippen LogP contribution in [0.5, 0.6) is 0 Å². The van der Waals surface area contributed by atoms with Gasteiger partial charge >= 0.3 is 0 Å². The Morgan fingerprint density at radius 3 is 2.40 bits per heavy atom. The standard InChI is InChI=1S/C11H23N3O/c1-9(10(15)12-2)13-8-11(14(3)4)6-5-7-11/h9,13H,5-8H2,1-4H3,(H,12,15). The van der Waals surface area contributed by atoms with Gasteiger partial charge in [0.25, 0.3) is 0 Å². The summed E-state index contributed by atoms with van der Waals surface area (Å²) >= 11 is 0. The number of amides is 1. The summed E-state index contributed by atoms with van der Waals surface area (Å²) in [4.78, 5) is 13.6. The van der Waals surface area contributed by atoms with E-state index in [4.69, 9.17) is 0 Å². The van der Waals surface area contributed by atoms with Crippen molar-refractivity contribution in [3.05, 3.63) is 0 Å². The molecule has 0 heterocycles. The molecule has 0 bridgehead atoms. The SMILES string of the molecule is CNC(=O)C(C)NCC1(N(C)C)CCC1. The molecular formula is C11H23N3O. The number of hydrogen-bond donors (Lipinski definition) is 2. The van der Waals surface area contributed by atoms with Gasteiger partial charge in [-0.2, -0.15) is 0 Å². The summed E-state index contributed by atoms with van der Waals surface area (Å²) in [5.41, 5.74) is 0.280. The molecule has 1 aliphatic carbocycles. The van der Waals surface area contributed by atoms with E-state index in [2.05, 4.69) is 29.6 Å². The number of likely N-dealkylation sites (N-methyl/N-ethyl adjacent to an activating group) is 2. The third-order valence-corrected chi connectivity index (χ3v) is 3.61. The van der Waals surface area contributed by atoms with Crippen LogP contribution in [0.3, 0.4) is 0 Å². The minimum absolute atomic E-state index is 0.0585. The molecule has 0 radical (unpaired) electrons. The highest BCUT2D eigenvalue weighted by atomic mass is 16.2. The van der Waals surface area contributed by atoms with Gasteiger partial charge in [-0.1, -0.05) is 0 Å². The van der Waals surface area contributed by atoms with Crippen LogP contribution < -0.4 is 10.6 Å². The molecule has 1 amide bonds. The first-order valence-corrected chi connectivity index (χ1v) is 5.64. The molecule has 1 saturated carbocycles. The average molecular weight is 213 g/mol. The molecule has 4 heteroatoms. The zero-order chi connectivity index (χ0) is 11.5. The zero-order valence-electron chi connectivity index (χ0n) is 10.3. The van der Waals surface area contributed by atoms with Crippen LogP contribution in [0.1, 0.15) is 26.2 Å². The molecule has 15 heavy (non-hydrogen) atoms. The summed E-state index contributed by atoms with van der Waals surface area (Å²) in [6.07, 6.45) is 3.76. The molecule has 1 aliphatic rings. The lowest BCUT2D eigenvalue weighted by molar-refractivity contribution is -0.122. The van der Waals surface area contributed by atoms with E-state index in [1.54, 1.807) is 7.05 Å². The Bertz CT molecular complexity index is 224. The van der Waals surface area contributed by atoms with Gasteiger partial charge in [0.1, 0.15) is 0 Å². The number of nitrogens with one attached hydrogen (secondary N) is 2. The topological polar surface area (TPSA) is 44.4 Å². The largest absolute Gasteiger partial charge is 0.358 e. The number of hydrogen-bond acceptors (Lipinski definition) is 3. The summed E-state index contributed by atoms with van der Waals surface area (Å²) in [5, 5.41) is 5.95. The van der Waals surface area contributed by atoms with Crippen LogP contribution in [0, 0.1) is 0 Å². The predicted octanol–water partition coefficient (Wildman–Crippen LogP) is 0.195. The molecule has 0 aromatic heterocycles. The summed E-state index contributed by atoms with van der Waals surface area (Å²) in [5.74, 6) is 0.0585. The molecular weight excluding hydrogens is 190 g/mol. The molecule has 2 N–H and O–H groups in total. The minimum Gasteiger partial charge on any atom is -0.358 e. The van der Waals surface area contributed by atoms with Gasteiger partial charge < -0.3 is 15.5 Å². The van der Waals surface area contributed by atoms with Gasteiger partial charge in [-0.25, -0.2) is 0 Å². The van der Waals surface area contributed by atoms with E-state index in [0.29, 0.717) is 0 Å². The number of nitrogens with zero attached hydrogens (tertiary/aromatic N) is 1. The van der Waals surface area contributed by atoms with Gasteiger partial charge in [0, 0.05) is 19.1 Å². The Balaban J connectivity index is 2.38. The van der Waals surface area contributed by atoms with Gasteiger partial charge in [-0.05, 0) is 40.3 Å². The maximum atomic E-state index is 11.3. The van der Waals surface area contributed by atoms with E-state index < -0.39 is 0 Å². The van der Waals surface area contributed by atoms with Crippen LogP contribution in [-0.4, -0.2) is 50.1 Å². The van der Waals surface area contributed by atoms with Crippen molar-refractivity contribution in [2.45, 2.75) is 37.8 Å². The van der Waals surface area contributed by atoms with E-state index in [-0.39, 0.29) is 17.5 Å². The first kappa shape index (κ1) is 12.5. The minimum atomic E-state index is -0.104. The fourth-order valence-electron chi connectivity index (χ4n) is 2.02. The van der Waals surface area contributed by atoms with Crippen molar-refractivity contribution in [1.29, 1.82) is 0 Å². The highest BCUT2D eigenvalue weighted by molar-refractivity contribution is 5.80.